The van der Waals surface area contributed by atoms with Gasteiger partial charge >= 0.3 is 0 Å². The van der Waals surface area contributed by atoms with E-state index in [0.717, 1.165) is 50.5 Å². The maximum Gasteiger partial charge on any atom is 0.228 e. The lowest BCUT2D eigenvalue weighted by atomic mass is 9.81. The Kier molecular flexibility index (Phi) is 4.81. The second-order valence-corrected chi connectivity index (χ2v) is 6.00. The van der Waals surface area contributed by atoms with Crippen LogP contribution in [-0.2, 0) is 0 Å². The van der Waals surface area contributed by atoms with Crippen molar-refractivity contribution in [2.75, 3.05) is 31.1 Å². The molecule has 1 aliphatic heterocycles. The van der Waals surface area contributed by atoms with Crippen LogP contribution in [0, 0.1) is 12.3 Å². The third-order valence-electron chi connectivity index (χ3n) is 4.02. The molecule has 0 bridgehead atoms. The lowest BCUT2D eigenvalue weighted by Gasteiger charge is -2.38. The fourth-order valence-corrected chi connectivity index (χ4v) is 2.40. The highest BCUT2D eigenvalue weighted by atomic mass is 16.5. The van der Waals surface area contributed by atoms with Gasteiger partial charge in [0.25, 0.3) is 0 Å². The van der Waals surface area contributed by atoms with Crippen LogP contribution in [0.2, 0.25) is 0 Å². The highest BCUT2D eigenvalue weighted by Gasteiger charge is 2.29. The summed E-state index contributed by atoms with van der Waals surface area (Å²) in [6, 6.07) is 1.90. The number of nitrogens with zero attached hydrogens (tertiary/aromatic N) is 3. The van der Waals surface area contributed by atoms with Gasteiger partial charge in [-0.25, -0.2) is 4.98 Å². The molecule has 112 valence electrons. The Balaban J connectivity index is 2.07. The molecule has 2 heterocycles. The number of aromatic nitrogens is 2. The van der Waals surface area contributed by atoms with Gasteiger partial charge in [0.05, 0.1) is 6.61 Å². The van der Waals surface area contributed by atoms with E-state index >= 15 is 0 Å². The van der Waals surface area contributed by atoms with Crippen LogP contribution in [-0.4, -0.2) is 36.2 Å². The van der Waals surface area contributed by atoms with Gasteiger partial charge in [0.1, 0.15) is 0 Å². The quantitative estimate of drug-likeness (QED) is 0.894. The summed E-state index contributed by atoms with van der Waals surface area (Å²) < 4.78 is 5.63. The van der Waals surface area contributed by atoms with E-state index in [1.165, 1.54) is 0 Å². The number of anilines is 1. The molecule has 0 saturated carbocycles. The number of ether oxygens (including phenoxy) is 1. The number of nitrogens with two attached hydrogens (primary N) is 1. The number of piperidine rings is 1. The number of hydrogen-bond acceptors (Lipinski definition) is 5. The van der Waals surface area contributed by atoms with Gasteiger partial charge in [-0.3, -0.25) is 0 Å². The molecule has 5 heteroatoms. The Hall–Kier alpha value is -1.36. The third kappa shape index (κ3) is 3.60. The van der Waals surface area contributed by atoms with Crippen molar-refractivity contribution in [3.05, 3.63) is 11.8 Å². The van der Waals surface area contributed by atoms with Crippen molar-refractivity contribution < 1.29 is 4.74 Å². The minimum atomic E-state index is 0.266. The van der Waals surface area contributed by atoms with Crippen LogP contribution < -0.4 is 15.4 Å². The molecule has 2 N–H and O–H groups in total. The summed E-state index contributed by atoms with van der Waals surface area (Å²) >= 11 is 0. The Morgan fingerprint density at radius 2 is 2.05 bits per heavy atom. The molecule has 0 aromatic carbocycles. The Bertz CT molecular complexity index is 441. The normalized spacial score (nSPS) is 18.1. The van der Waals surface area contributed by atoms with E-state index in [1.807, 2.05) is 13.0 Å². The summed E-state index contributed by atoms with van der Waals surface area (Å²) in [5.41, 5.74) is 7.07. The highest BCUT2D eigenvalue weighted by Crippen LogP contribution is 2.31. The van der Waals surface area contributed by atoms with Gasteiger partial charge < -0.3 is 15.4 Å². The van der Waals surface area contributed by atoms with Crippen LogP contribution in [0.5, 0.6) is 5.88 Å². The van der Waals surface area contributed by atoms with E-state index in [9.17, 15) is 0 Å². The van der Waals surface area contributed by atoms with E-state index in [2.05, 4.69) is 28.7 Å². The van der Waals surface area contributed by atoms with Crippen molar-refractivity contribution in [1.82, 2.24) is 9.97 Å². The van der Waals surface area contributed by atoms with Crippen molar-refractivity contribution in [3.8, 4) is 5.88 Å². The second kappa shape index (κ2) is 6.39. The zero-order valence-corrected chi connectivity index (χ0v) is 12.9. The summed E-state index contributed by atoms with van der Waals surface area (Å²) in [5, 5.41) is 0. The van der Waals surface area contributed by atoms with Crippen molar-refractivity contribution in [2.24, 2.45) is 11.1 Å². The minimum absolute atomic E-state index is 0.266. The summed E-state index contributed by atoms with van der Waals surface area (Å²) in [6.45, 7) is 9.71. The van der Waals surface area contributed by atoms with Gasteiger partial charge in [0.2, 0.25) is 11.8 Å². The highest BCUT2D eigenvalue weighted by molar-refractivity contribution is 5.35. The van der Waals surface area contributed by atoms with Gasteiger partial charge in [0.15, 0.2) is 0 Å². The summed E-state index contributed by atoms with van der Waals surface area (Å²) in [4.78, 5) is 11.3. The lowest BCUT2D eigenvalue weighted by Crippen LogP contribution is -2.43. The molecular weight excluding hydrogens is 252 g/mol. The molecule has 0 radical (unpaired) electrons. The van der Waals surface area contributed by atoms with E-state index in [4.69, 9.17) is 10.5 Å². The second-order valence-electron chi connectivity index (χ2n) is 6.00. The number of aryl methyl sites for hydroxylation is 1. The van der Waals surface area contributed by atoms with Crippen LogP contribution in [0.3, 0.4) is 0 Å². The SMILES string of the molecule is CCCOc1cc(C)nc(N2CCC(C)(CN)CC2)n1. The molecule has 0 amide bonds. The third-order valence-corrected chi connectivity index (χ3v) is 4.02. The van der Waals surface area contributed by atoms with Gasteiger partial charge in [-0.05, 0) is 38.1 Å². The minimum Gasteiger partial charge on any atom is -0.478 e. The number of rotatable bonds is 5. The molecular formula is C15H26N4O. The molecule has 0 atom stereocenters. The average molecular weight is 278 g/mol. The molecule has 0 unspecified atom stereocenters. The molecule has 1 saturated heterocycles. The van der Waals surface area contributed by atoms with Crippen LogP contribution in [0.4, 0.5) is 5.95 Å². The van der Waals surface area contributed by atoms with Gasteiger partial charge in [-0.15, -0.1) is 0 Å². The molecule has 2 rings (SSSR count). The predicted molar refractivity (Wildman–Crippen MR) is 81.2 cm³/mol. The topological polar surface area (TPSA) is 64.3 Å². The zero-order chi connectivity index (χ0) is 14.6. The largest absolute Gasteiger partial charge is 0.478 e. The monoisotopic (exact) mass is 278 g/mol. The average Bonchev–Trinajstić information content (AvgIpc) is 2.45. The maximum atomic E-state index is 5.85. The van der Waals surface area contributed by atoms with Crippen molar-refractivity contribution in [2.45, 2.75) is 40.0 Å². The van der Waals surface area contributed by atoms with Gasteiger partial charge in [0, 0.05) is 24.8 Å². The summed E-state index contributed by atoms with van der Waals surface area (Å²) in [6.07, 6.45) is 3.16. The fourth-order valence-electron chi connectivity index (χ4n) is 2.40. The first-order chi connectivity index (χ1) is 9.56. The first-order valence-electron chi connectivity index (χ1n) is 7.50. The summed E-state index contributed by atoms with van der Waals surface area (Å²) in [7, 11) is 0. The Morgan fingerprint density at radius 1 is 1.35 bits per heavy atom. The first-order valence-corrected chi connectivity index (χ1v) is 7.50. The Morgan fingerprint density at radius 3 is 2.65 bits per heavy atom. The molecule has 1 aromatic heterocycles. The zero-order valence-electron chi connectivity index (χ0n) is 12.9. The van der Waals surface area contributed by atoms with Crippen molar-refractivity contribution >= 4 is 5.95 Å². The van der Waals surface area contributed by atoms with Crippen LogP contribution in [0.1, 0.15) is 38.8 Å². The van der Waals surface area contributed by atoms with Crippen molar-refractivity contribution in [1.29, 1.82) is 0 Å². The first kappa shape index (κ1) is 15.0. The van der Waals surface area contributed by atoms with Gasteiger partial charge in [-0.1, -0.05) is 13.8 Å². The van der Waals surface area contributed by atoms with E-state index in [0.29, 0.717) is 12.5 Å². The standard InChI is InChI=1S/C15H26N4O/c1-4-9-20-13-10-12(2)17-14(18-13)19-7-5-15(3,11-16)6-8-19/h10H,4-9,11,16H2,1-3H3. The maximum absolute atomic E-state index is 5.85. The summed E-state index contributed by atoms with van der Waals surface area (Å²) in [5.74, 6) is 1.47. The molecule has 0 aliphatic carbocycles. The molecule has 1 aromatic rings. The van der Waals surface area contributed by atoms with Crippen LogP contribution in [0.25, 0.3) is 0 Å². The smallest absolute Gasteiger partial charge is 0.228 e. The molecule has 0 spiro atoms. The molecule has 1 fully saturated rings. The predicted octanol–water partition coefficient (Wildman–Crippen LogP) is 2.14. The van der Waals surface area contributed by atoms with E-state index < -0.39 is 0 Å². The molecule has 5 nitrogen and oxygen atoms in total. The van der Waals surface area contributed by atoms with E-state index in [1.54, 1.807) is 0 Å². The molecule has 1 aliphatic rings. The fraction of sp³-hybridized carbons (Fsp3) is 0.733. The van der Waals surface area contributed by atoms with Crippen LogP contribution >= 0.6 is 0 Å². The van der Waals surface area contributed by atoms with Crippen molar-refractivity contribution in [3.63, 3.8) is 0 Å². The number of hydrogen-bond donors (Lipinski definition) is 1. The van der Waals surface area contributed by atoms with Gasteiger partial charge in [-0.2, -0.15) is 4.98 Å². The lowest BCUT2D eigenvalue weighted by molar-refractivity contribution is 0.256. The van der Waals surface area contributed by atoms with E-state index in [-0.39, 0.29) is 5.41 Å². The Labute approximate surface area is 121 Å². The van der Waals surface area contributed by atoms with Crippen LogP contribution in [0.15, 0.2) is 6.07 Å². The molecule has 20 heavy (non-hydrogen) atoms.